The zero-order valence-electron chi connectivity index (χ0n) is 87.2. The summed E-state index contributed by atoms with van der Waals surface area (Å²) in [7, 11) is 0. The summed E-state index contributed by atoms with van der Waals surface area (Å²) >= 11 is 29.3. The highest BCUT2D eigenvalue weighted by molar-refractivity contribution is 8.46. The summed E-state index contributed by atoms with van der Waals surface area (Å²) in [5.41, 5.74) is 5.04. The third kappa shape index (κ3) is 26.1. The van der Waals surface area contributed by atoms with Crippen LogP contribution in [-0.2, 0) is 31.2 Å². The third-order valence-corrected chi connectivity index (χ3v) is 49.1. The van der Waals surface area contributed by atoms with Crippen molar-refractivity contribution in [1.82, 2.24) is 0 Å². The molecule has 6 heterocycles. The summed E-state index contributed by atoms with van der Waals surface area (Å²) in [6.07, 6.45) is 24.0. The minimum absolute atomic E-state index is 0.113. The summed E-state index contributed by atoms with van der Waals surface area (Å²) < 4.78 is 45.4. The van der Waals surface area contributed by atoms with Crippen molar-refractivity contribution in [3.63, 3.8) is 0 Å². The average Bonchev–Trinajstić information content (AvgIpc) is 0.945. The van der Waals surface area contributed by atoms with Gasteiger partial charge in [0.2, 0.25) is 11.8 Å². The molecule has 6 aliphatic heterocycles. The van der Waals surface area contributed by atoms with Crippen LogP contribution < -0.4 is 39.4 Å². The third-order valence-electron chi connectivity index (χ3n) is 26.0. The molecule has 6 amide bonds. The second kappa shape index (κ2) is 49.9. The molecule has 0 saturated heterocycles. The molecule has 2 N–H and O–H groups in total. The first-order valence-electron chi connectivity index (χ1n) is 50.9. The summed E-state index contributed by atoms with van der Waals surface area (Å²) in [6.45, 7) is 34.8. The molecule has 11 aromatic carbocycles. The Kier molecular flexibility index (Phi) is 37.9. The van der Waals surface area contributed by atoms with Crippen LogP contribution in [0.5, 0.6) is 46.0 Å². The fraction of sp³-hybridized carbons (Fsp3) is 0.373. The van der Waals surface area contributed by atoms with Gasteiger partial charge in [0, 0.05) is 54.5 Å². The van der Waals surface area contributed by atoms with Gasteiger partial charge in [-0.1, -0.05) is 330 Å². The number of carbonyl (C=O) groups is 6. The summed E-state index contributed by atoms with van der Waals surface area (Å²) in [5, 5.41) is 9.02. The van der Waals surface area contributed by atoms with Crippen molar-refractivity contribution in [3.05, 3.63) is 265 Å². The van der Waals surface area contributed by atoms with E-state index in [1.807, 2.05) is 191 Å². The topological polar surface area (TPSA) is 170 Å². The van der Waals surface area contributed by atoms with Crippen LogP contribution in [0.3, 0.4) is 0 Å². The van der Waals surface area contributed by atoms with Crippen LogP contribution in [0.25, 0.3) is 43.1 Å². The number of imide groups is 2. The van der Waals surface area contributed by atoms with Gasteiger partial charge >= 0.3 is 0 Å². The number of anilines is 4. The van der Waals surface area contributed by atoms with Crippen molar-refractivity contribution in [2.75, 3.05) is 67.5 Å². The van der Waals surface area contributed by atoms with Gasteiger partial charge in [-0.25, -0.2) is 9.80 Å². The average molecular weight is 2280 g/mol. The molecule has 0 atom stereocenters. The van der Waals surface area contributed by atoms with E-state index in [2.05, 4.69) is 134 Å². The predicted octanol–water partition coefficient (Wildman–Crippen LogP) is 39.7. The standard InChI is InChI=1S/C118H128N4O10S16/c1-19-23-27-31-59-135-107-108(136-60-32-28-24-20-2)146-113(145-107)111-141-103(133-17)105(143-111)139-67-89(123)119-73-43-47-75(48-44-73)121-99(125)81-63-85(129-77-51-35-69(36-52-77)115(5,6)7)93-95-87(131-79-55-39-71(40-56-79)117(11,12)13)65-83-92-84(66-88(132-80-57-41-72(42-58-80)118(14,15)16)96(98(92)95)94-86(64-82(100(121)126)91(81)97(93)94)130-78-53-37-70(38-54-78)116(8,9)10)102(128)122(101(83)127)76-49-45-74(46-50-76)120-90(124)68-140-106-104(134-18)142-112(144-106)114-147-109(137-61-33-29-25-21-3)110(148-114)138-62-34-30-26-22-4/h35-58,63-66H,19-34,59-62,67-68H2,1-18H3,(H,119,123)(H,120,124). The zero-order valence-corrected chi connectivity index (χ0v) is 100. The molecule has 776 valence electrons. The second-order valence-corrected chi connectivity index (χ2v) is 60.5. The van der Waals surface area contributed by atoms with Crippen LogP contribution >= 0.6 is 188 Å². The van der Waals surface area contributed by atoms with E-state index in [1.165, 1.54) is 178 Å². The van der Waals surface area contributed by atoms with E-state index >= 15 is 19.2 Å². The van der Waals surface area contributed by atoms with Crippen LogP contribution in [0.1, 0.15) is 277 Å². The van der Waals surface area contributed by atoms with E-state index < -0.39 is 23.6 Å². The summed E-state index contributed by atoms with van der Waals surface area (Å²) in [6, 6.07) is 51.8. The van der Waals surface area contributed by atoms with Crippen molar-refractivity contribution in [1.29, 1.82) is 0 Å². The SMILES string of the molecule is CCCCCCSC1=C(SCCCCCC)SC(=C2SC(SC)=C(SCC(=O)Nc3ccc(N4C(=O)c5cc(Oc6ccc(C(C)(C)C)cc6)c6c7c(Oc8ccc(C(C)(C)C)cc8)cc8c9c(cc(Oc%10ccc(C(C)(C)C)cc%10)c(c%10c(Oc%11ccc(C(C)(C)C)cc%11)cc(c5c6%10)C4=O)c97)C(=O)N(c4ccc(NC(=O)CSC5=C(SC)SC(=C6SC(SCCCCCC)=C(SCCCCCC)S6)S5)cc4)C8=O)cc3)S2)S1. The molecule has 0 radical (unpaired) electrons. The summed E-state index contributed by atoms with van der Waals surface area (Å²) in [4.78, 5) is 97.7. The smallest absolute Gasteiger partial charge is 0.266 e. The molecular formula is C118H128N4O10S16. The monoisotopic (exact) mass is 2270 g/mol. The Bertz CT molecular complexity index is 6350. The number of nitrogens with zero attached hydrogens (tertiary/aromatic N) is 2. The molecule has 0 bridgehead atoms. The maximum atomic E-state index is 16.7. The highest BCUT2D eigenvalue weighted by atomic mass is 32.3. The number of benzene rings is 11. The highest BCUT2D eigenvalue weighted by Crippen LogP contribution is 2.69. The molecule has 14 nitrogen and oxygen atoms in total. The molecule has 0 spiro atoms. The first kappa shape index (κ1) is 112. The van der Waals surface area contributed by atoms with Crippen LogP contribution in [0.4, 0.5) is 22.7 Å². The van der Waals surface area contributed by atoms with E-state index in [1.54, 1.807) is 143 Å². The van der Waals surface area contributed by atoms with Crippen molar-refractivity contribution >= 4 is 289 Å². The van der Waals surface area contributed by atoms with Crippen molar-refractivity contribution < 1.29 is 47.7 Å². The van der Waals surface area contributed by atoms with Crippen LogP contribution in [0.15, 0.2) is 221 Å². The minimum atomic E-state index is -0.662. The highest BCUT2D eigenvalue weighted by Gasteiger charge is 2.44. The Balaban J connectivity index is 0.754. The van der Waals surface area contributed by atoms with E-state index in [9.17, 15) is 9.59 Å². The predicted molar refractivity (Wildman–Crippen MR) is 662 cm³/mol. The van der Waals surface area contributed by atoms with Crippen molar-refractivity contribution in [2.45, 2.75) is 235 Å². The lowest BCUT2D eigenvalue weighted by Crippen LogP contribution is -2.40. The Morgan fingerprint density at radius 2 is 0.500 bits per heavy atom. The normalized spacial score (nSPS) is 15.3. The number of rotatable bonds is 44. The Morgan fingerprint density at radius 1 is 0.277 bits per heavy atom. The first-order valence-corrected chi connectivity index (χ1v) is 65.8. The van der Waals surface area contributed by atoms with Crippen LogP contribution in [0.2, 0.25) is 0 Å². The molecule has 6 aliphatic rings. The van der Waals surface area contributed by atoms with Gasteiger partial charge in [-0.3, -0.25) is 28.8 Å². The number of fused-ring (bicyclic) bond motifs is 2. The number of thioether (sulfide) groups is 16. The largest absolute Gasteiger partial charge is 0.457 e. The Hall–Kier alpha value is -6.82. The maximum Gasteiger partial charge on any atom is 0.266 e. The first-order chi connectivity index (χ1) is 71.1. The second-order valence-electron chi connectivity index (χ2n) is 41.2. The van der Waals surface area contributed by atoms with Gasteiger partial charge in [-0.2, -0.15) is 0 Å². The van der Waals surface area contributed by atoms with Gasteiger partial charge in [0.05, 0.1) is 96.0 Å². The molecule has 17 rings (SSSR count). The quantitative estimate of drug-likeness (QED) is 0.0160. The summed E-state index contributed by atoms with van der Waals surface area (Å²) in [5.74, 6) is 4.02. The number of carbonyl (C=O) groups excluding carboxylic acids is 6. The molecule has 0 unspecified atom stereocenters. The van der Waals surface area contributed by atoms with Gasteiger partial charge in [-0.15, -0.1) is 94.1 Å². The minimum Gasteiger partial charge on any atom is -0.457 e. The Labute approximate surface area is 941 Å². The molecule has 0 saturated carbocycles. The van der Waals surface area contributed by atoms with E-state index in [4.69, 9.17) is 18.9 Å². The molecule has 0 fully saturated rings. The maximum absolute atomic E-state index is 16.7. The number of amides is 6. The van der Waals surface area contributed by atoms with Crippen LogP contribution in [-0.4, -0.2) is 82.5 Å². The van der Waals surface area contributed by atoms with E-state index in [-0.39, 0.29) is 112 Å². The van der Waals surface area contributed by atoms with Crippen LogP contribution in [0, 0.1) is 0 Å². The molecule has 30 heteroatoms. The van der Waals surface area contributed by atoms with E-state index in [0.717, 1.165) is 53.7 Å². The molecular weight excluding hydrogens is 2150 g/mol. The number of ether oxygens (including phenoxy) is 4. The lowest BCUT2D eigenvalue weighted by Gasteiger charge is -2.32. The van der Waals surface area contributed by atoms with Crippen molar-refractivity contribution in [2.24, 2.45) is 0 Å². The number of nitrogens with one attached hydrogen (secondary N) is 2. The van der Waals surface area contributed by atoms with Gasteiger partial charge in [0.15, 0.2) is 0 Å². The number of hydrogen-bond donors (Lipinski definition) is 2. The fourth-order valence-electron chi connectivity index (χ4n) is 17.9. The Morgan fingerprint density at radius 3 is 0.716 bits per heavy atom. The fourth-order valence-corrected chi connectivity index (χ4v) is 40.9. The lowest BCUT2D eigenvalue weighted by atomic mass is 9.80. The van der Waals surface area contributed by atoms with Gasteiger partial charge < -0.3 is 29.6 Å². The number of unbranched alkanes of at least 4 members (excludes halogenated alkanes) is 12. The zero-order chi connectivity index (χ0) is 105. The molecule has 11 aromatic rings. The van der Waals surface area contributed by atoms with Gasteiger partial charge in [-0.05, 0) is 226 Å². The number of hydrogen-bond acceptors (Lipinski definition) is 26. The molecule has 148 heavy (non-hydrogen) atoms. The van der Waals surface area contributed by atoms with Gasteiger partial charge in [0.1, 0.15) is 46.0 Å². The lowest BCUT2D eigenvalue weighted by molar-refractivity contribution is -0.114. The van der Waals surface area contributed by atoms with Gasteiger partial charge in [0.25, 0.3) is 23.6 Å². The van der Waals surface area contributed by atoms with Crippen molar-refractivity contribution in [3.8, 4) is 46.0 Å². The van der Waals surface area contributed by atoms with E-state index in [0.29, 0.717) is 66.7 Å². The molecule has 0 aromatic heterocycles. The molecule has 0 aliphatic carbocycles.